The summed E-state index contributed by atoms with van der Waals surface area (Å²) in [5.74, 6) is -3.32. The largest absolute Gasteiger partial charge is 0.478 e. The molecule has 1 N–H and O–H groups in total. The third-order valence-corrected chi connectivity index (χ3v) is 3.58. The van der Waals surface area contributed by atoms with Gasteiger partial charge in [0.25, 0.3) is 5.69 Å². The Morgan fingerprint density at radius 1 is 1.19 bits per heavy atom. The van der Waals surface area contributed by atoms with Crippen LogP contribution in [-0.2, 0) is 0 Å². The van der Waals surface area contributed by atoms with Crippen LogP contribution in [0.25, 0.3) is 0 Å². The van der Waals surface area contributed by atoms with Gasteiger partial charge in [0.05, 0.1) is 27.5 Å². The van der Waals surface area contributed by atoms with E-state index >= 15 is 0 Å². The van der Waals surface area contributed by atoms with E-state index in [-0.39, 0.29) is 5.56 Å². The van der Waals surface area contributed by atoms with Crippen molar-refractivity contribution >= 4 is 23.4 Å². The Hall–Kier alpha value is -2.48. The van der Waals surface area contributed by atoms with Gasteiger partial charge in [-0.2, -0.15) is 0 Å². The average Bonchev–Trinajstić information content (AvgIpc) is 2.42. The molecule has 0 atom stereocenters. The lowest BCUT2D eigenvalue weighted by molar-refractivity contribution is -0.385. The number of benzene rings is 2. The van der Waals surface area contributed by atoms with Crippen molar-refractivity contribution in [2.45, 2.75) is 9.79 Å². The van der Waals surface area contributed by atoms with Crippen LogP contribution in [0, 0.1) is 21.7 Å². The molecule has 108 valence electrons. The molecular formula is C13H7F2NO4S. The summed E-state index contributed by atoms with van der Waals surface area (Å²) in [5.41, 5.74) is -0.712. The number of hydrogen-bond acceptors (Lipinski definition) is 4. The Balaban J connectivity index is 2.38. The first-order valence-corrected chi connectivity index (χ1v) is 6.35. The van der Waals surface area contributed by atoms with Crippen LogP contribution in [0.15, 0.2) is 46.2 Å². The van der Waals surface area contributed by atoms with Crippen molar-refractivity contribution in [3.8, 4) is 0 Å². The fraction of sp³-hybridized carbons (Fsp3) is 0. The van der Waals surface area contributed by atoms with Gasteiger partial charge in [-0.3, -0.25) is 10.1 Å². The van der Waals surface area contributed by atoms with E-state index in [1.807, 2.05) is 0 Å². The van der Waals surface area contributed by atoms with Crippen LogP contribution in [0.3, 0.4) is 0 Å². The van der Waals surface area contributed by atoms with Gasteiger partial charge in [0.2, 0.25) is 0 Å². The summed E-state index contributed by atoms with van der Waals surface area (Å²) >= 11 is 0.657. The van der Waals surface area contributed by atoms with Crippen LogP contribution in [0.5, 0.6) is 0 Å². The lowest BCUT2D eigenvalue weighted by atomic mass is 10.2. The van der Waals surface area contributed by atoms with Gasteiger partial charge in [0.15, 0.2) is 0 Å². The highest BCUT2D eigenvalue weighted by molar-refractivity contribution is 7.99. The summed E-state index contributed by atoms with van der Waals surface area (Å²) < 4.78 is 27.5. The van der Waals surface area contributed by atoms with Gasteiger partial charge in [0, 0.05) is 4.90 Å². The molecule has 0 radical (unpaired) electrons. The number of carbonyl (C=O) groups is 1. The fourth-order valence-electron chi connectivity index (χ4n) is 1.56. The highest BCUT2D eigenvalue weighted by atomic mass is 32.2. The lowest BCUT2D eigenvalue weighted by Gasteiger charge is -2.05. The first-order valence-electron chi connectivity index (χ1n) is 5.53. The van der Waals surface area contributed by atoms with Crippen molar-refractivity contribution in [3.05, 3.63) is 63.7 Å². The normalized spacial score (nSPS) is 10.4. The first kappa shape index (κ1) is 14.9. The van der Waals surface area contributed by atoms with Crippen molar-refractivity contribution in [1.82, 2.24) is 0 Å². The maximum absolute atomic E-state index is 13.7. The second-order valence-electron chi connectivity index (χ2n) is 3.93. The van der Waals surface area contributed by atoms with Gasteiger partial charge in [-0.25, -0.2) is 13.6 Å². The Kier molecular flexibility index (Phi) is 4.18. The molecule has 0 amide bonds. The maximum Gasteiger partial charge on any atom is 0.335 e. The minimum Gasteiger partial charge on any atom is -0.478 e. The quantitative estimate of drug-likeness (QED) is 0.687. The summed E-state index contributed by atoms with van der Waals surface area (Å²) in [5, 5.41) is 19.3. The number of halogens is 2. The van der Waals surface area contributed by atoms with Gasteiger partial charge < -0.3 is 5.11 Å². The second kappa shape index (κ2) is 5.88. The summed E-state index contributed by atoms with van der Waals surface area (Å²) in [7, 11) is 0. The first-order chi connectivity index (χ1) is 9.88. The average molecular weight is 311 g/mol. The smallest absolute Gasteiger partial charge is 0.335 e. The van der Waals surface area contributed by atoms with Crippen molar-refractivity contribution < 1.29 is 23.6 Å². The van der Waals surface area contributed by atoms with Crippen molar-refractivity contribution in [3.63, 3.8) is 0 Å². The summed E-state index contributed by atoms with van der Waals surface area (Å²) in [6, 6.07) is 6.76. The second-order valence-corrected chi connectivity index (χ2v) is 5.01. The summed E-state index contributed by atoms with van der Waals surface area (Å²) in [4.78, 5) is 20.3. The molecule has 8 heteroatoms. The predicted octanol–water partition coefficient (Wildman–Crippen LogP) is 3.72. The summed E-state index contributed by atoms with van der Waals surface area (Å²) in [6.45, 7) is 0. The molecule has 0 unspecified atom stereocenters. The number of nitrogens with zero attached hydrogens (tertiary/aromatic N) is 1. The molecule has 0 bridgehead atoms. The fourth-order valence-corrected chi connectivity index (χ4v) is 2.44. The van der Waals surface area contributed by atoms with E-state index in [0.717, 1.165) is 0 Å². The van der Waals surface area contributed by atoms with Crippen LogP contribution >= 0.6 is 11.8 Å². The lowest BCUT2D eigenvalue weighted by Crippen LogP contribution is -1.96. The number of aromatic carboxylic acids is 1. The zero-order chi connectivity index (χ0) is 15.6. The van der Waals surface area contributed by atoms with E-state index in [1.54, 1.807) is 0 Å². The van der Waals surface area contributed by atoms with E-state index in [1.165, 1.54) is 24.3 Å². The molecule has 2 aromatic carbocycles. The monoisotopic (exact) mass is 311 g/mol. The van der Waals surface area contributed by atoms with E-state index < -0.39 is 33.1 Å². The van der Waals surface area contributed by atoms with E-state index in [2.05, 4.69) is 0 Å². The van der Waals surface area contributed by atoms with E-state index in [4.69, 9.17) is 5.11 Å². The van der Waals surface area contributed by atoms with Crippen LogP contribution in [0.2, 0.25) is 0 Å². The number of nitro benzene ring substituents is 1. The maximum atomic E-state index is 13.7. The van der Waals surface area contributed by atoms with Crippen LogP contribution in [-0.4, -0.2) is 16.0 Å². The molecule has 2 rings (SSSR count). The molecule has 0 heterocycles. The molecule has 0 aliphatic carbocycles. The SMILES string of the molecule is O=C(O)c1cccc(Sc2c(F)cc([N+](=O)[O-])cc2F)c1. The van der Waals surface area contributed by atoms with Gasteiger partial charge in [-0.15, -0.1) is 0 Å². The van der Waals surface area contributed by atoms with Gasteiger partial charge >= 0.3 is 5.97 Å². The zero-order valence-electron chi connectivity index (χ0n) is 10.2. The molecule has 0 aliphatic rings. The van der Waals surface area contributed by atoms with Crippen molar-refractivity contribution in [2.75, 3.05) is 0 Å². The van der Waals surface area contributed by atoms with E-state index in [9.17, 15) is 23.7 Å². The minimum absolute atomic E-state index is 0.0253. The van der Waals surface area contributed by atoms with Crippen molar-refractivity contribution in [1.29, 1.82) is 0 Å². The van der Waals surface area contributed by atoms with Crippen LogP contribution < -0.4 is 0 Å². The van der Waals surface area contributed by atoms with Gasteiger partial charge in [-0.05, 0) is 18.2 Å². The highest BCUT2D eigenvalue weighted by Crippen LogP contribution is 2.34. The number of carboxylic acid groups (broad SMARTS) is 1. The third kappa shape index (κ3) is 3.34. The van der Waals surface area contributed by atoms with Gasteiger partial charge in [0.1, 0.15) is 11.6 Å². The van der Waals surface area contributed by atoms with Crippen LogP contribution in [0.1, 0.15) is 10.4 Å². The number of hydrogen-bond donors (Lipinski definition) is 1. The molecule has 0 saturated carbocycles. The third-order valence-electron chi connectivity index (χ3n) is 2.49. The summed E-state index contributed by atoms with van der Waals surface area (Å²) in [6.07, 6.45) is 0. The molecule has 0 saturated heterocycles. The molecular weight excluding hydrogens is 304 g/mol. The Morgan fingerprint density at radius 3 is 2.33 bits per heavy atom. The minimum atomic E-state index is -1.16. The molecule has 21 heavy (non-hydrogen) atoms. The number of non-ortho nitro benzene ring substituents is 1. The Labute approximate surface area is 121 Å². The number of nitro groups is 1. The molecule has 0 spiro atoms. The zero-order valence-corrected chi connectivity index (χ0v) is 11.1. The molecule has 0 aromatic heterocycles. The van der Waals surface area contributed by atoms with Gasteiger partial charge in [-0.1, -0.05) is 17.8 Å². The van der Waals surface area contributed by atoms with E-state index in [0.29, 0.717) is 28.8 Å². The standard InChI is InChI=1S/C13H7F2NO4S/c14-10-5-8(16(19)20)6-11(15)12(10)21-9-3-1-2-7(4-9)13(17)18/h1-6H,(H,17,18). The molecule has 5 nitrogen and oxygen atoms in total. The Bertz CT molecular complexity index is 713. The molecule has 0 aliphatic heterocycles. The predicted molar refractivity (Wildman–Crippen MR) is 70.5 cm³/mol. The molecule has 2 aromatic rings. The van der Waals surface area contributed by atoms with Crippen molar-refractivity contribution in [2.24, 2.45) is 0 Å². The number of rotatable bonds is 4. The molecule has 0 fully saturated rings. The topological polar surface area (TPSA) is 80.4 Å². The Morgan fingerprint density at radius 2 is 1.81 bits per heavy atom. The van der Waals surface area contributed by atoms with Crippen LogP contribution in [0.4, 0.5) is 14.5 Å². The number of carboxylic acids is 1. The highest BCUT2D eigenvalue weighted by Gasteiger charge is 2.18.